The molecule has 0 amide bonds. The van der Waals surface area contributed by atoms with Crippen LogP contribution in [0.15, 0.2) is 23.2 Å². The SMILES string of the molecule is O=C(O)c1cc(NC2=NCC(F)CN2)cc([N+](=O)[O-])c1. The average Bonchev–Trinajstić information content (AvgIpc) is 2.41. The number of carboxylic acid groups (broad SMARTS) is 1. The number of halogens is 1. The van der Waals surface area contributed by atoms with Crippen LogP contribution in [0.5, 0.6) is 0 Å². The zero-order valence-electron chi connectivity index (χ0n) is 10.2. The summed E-state index contributed by atoms with van der Waals surface area (Å²) in [5.41, 5.74) is -0.381. The molecular formula is C11H11FN4O4. The standard InChI is InChI=1S/C11H11FN4O4/c12-7-4-13-11(14-5-7)15-8-1-6(10(17)18)2-9(3-8)16(19)20/h1-3,7H,4-5H2,(H,17,18)(H2,13,14,15). The predicted molar refractivity (Wildman–Crippen MR) is 68.9 cm³/mol. The van der Waals surface area contributed by atoms with E-state index in [4.69, 9.17) is 5.11 Å². The number of aliphatic imine (C=N–C) groups is 1. The average molecular weight is 282 g/mol. The van der Waals surface area contributed by atoms with Crippen molar-refractivity contribution in [2.24, 2.45) is 4.99 Å². The van der Waals surface area contributed by atoms with Crippen LogP contribution in [0.2, 0.25) is 0 Å². The molecule has 1 heterocycles. The largest absolute Gasteiger partial charge is 0.478 e. The Morgan fingerprint density at radius 2 is 2.30 bits per heavy atom. The molecule has 0 aliphatic carbocycles. The van der Waals surface area contributed by atoms with Crippen molar-refractivity contribution in [3.05, 3.63) is 33.9 Å². The van der Waals surface area contributed by atoms with Crippen LogP contribution in [0, 0.1) is 10.1 Å². The summed E-state index contributed by atoms with van der Waals surface area (Å²) in [5.74, 6) is -1.03. The van der Waals surface area contributed by atoms with Crippen LogP contribution in [0.4, 0.5) is 15.8 Å². The molecule has 106 valence electrons. The number of guanidine groups is 1. The molecule has 1 unspecified atom stereocenters. The van der Waals surface area contributed by atoms with Gasteiger partial charge in [-0.25, -0.2) is 14.2 Å². The monoisotopic (exact) mass is 282 g/mol. The molecule has 0 spiro atoms. The Hall–Kier alpha value is -2.71. The highest BCUT2D eigenvalue weighted by Gasteiger charge is 2.17. The van der Waals surface area contributed by atoms with Gasteiger partial charge in [-0.3, -0.25) is 10.1 Å². The summed E-state index contributed by atoms with van der Waals surface area (Å²) in [4.78, 5) is 24.8. The molecule has 2 rings (SSSR count). The maximum Gasteiger partial charge on any atom is 0.336 e. The highest BCUT2D eigenvalue weighted by atomic mass is 19.1. The maximum atomic E-state index is 12.9. The topological polar surface area (TPSA) is 117 Å². The van der Waals surface area contributed by atoms with E-state index in [9.17, 15) is 19.3 Å². The fraction of sp³-hybridized carbons (Fsp3) is 0.273. The van der Waals surface area contributed by atoms with E-state index >= 15 is 0 Å². The number of nitro benzene ring substituents is 1. The number of hydrogen-bond acceptors (Lipinski definition) is 6. The van der Waals surface area contributed by atoms with Crippen LogP contribution in [-0.4, -0.2) is 41.2 Å². The molecule has 1 atom stereocenters. The van der Waals surface area contributed by atoms with Crippen molar-refractivity contribution in [1.82, 2.24) is 5.32 Å². The van der Waals surface area contributed by atoms with Gasteiger partial charge in [0, 0.05) is 17.8 Å². The zero-order valence-corrected chi connectivity index (χ0v) is 10.2. The smallest absolute Gasteiger partial charge is 0.336 e. The lowest BCUT2D eigenvalue weighted by Gasteiger charge is -2.18. The minimum Gasteiger partial charge on any atom is -0.478 e. The maximum absolute atomic E-state index is 12.9. The predicted octanol–water partition coefficient (Wildman–Crippen LogP) is 1.00. The number of nitro groups is 1. The number of nitrogens with zero attached hydrogens (tertiary/aromatic N) is 2. The number of nitrogens with one attached hydrogen (secondary N) is 2. The number of alkyl halides is 1. The summed E-state index contributed by atoms with van der Waals surface area (Å²) < 4.78 is 12.9. The quantitative estimate of drug-likeness (QED) is 0.562. The van der Waals surface area contributed by atoms with Gasteiger partial charge < -0.3 is 15.7 Å². The molecule has 3 N–H and O–H groups in total. The first-order valence-corrected chi connectivity index (χ1v) is 5.68. The molecule has 9 heteroatoms. The molecule has 0 saturated carbocycles. The number of aromatic carboxylic acids is 1. The van der Waals surface area contributed by atoms with E-state index in [-0.39, 0.29) is 36.0 Å². The first-order valence-electron chi connectivity index (χ1n) is 5.68. The van der Waals surface area contributed by atoms with Crippen LogP contribution in [-0.2, 0) is 0 Å². The van der Waals surface area contributed by atoms with Crippen molar-refractivity contribution < 1.29 is 19.2 Å². The Morgan fingerprint density at radius 1 is 1.55 bits per heavy atom. The molecule has 8 nitrogen and oxygen atoms in total. The van der Waals surface area contributed by atoms with Crippen LogP contribution >= 0.6 is 0 Å². The first kappa shape index (κ1) is 13.7. The third kappa shape index (κ3) is 3.19. The fourth-order valence-corrected chi connectivity index (χ4v) is 1.65. The number of carbonyl (C=O) groups is 1. The van der Waals surface area contributed by atoms with Crippen molar-refractivity contribution in [3.63, 3.8) is 0 Å². The molecule has 0 saturated heterocycles. The van der Waals surface area contributed by atoms with Gasteiger partial charge in [0.25, 0.3) is 5.69 Å². The van der Waals surface area contributed by atoms with E-state index < -0.39 is 17.1 Å². The van der Waals surface area contributed by atoms with Gasteiger partial charge in [-0.2, -0.15) is 0 Å². The van der Waals surface area contributed by atoms with Gasteiger partial charge in [0.15, 0.2) is 5.96 Å². The second-order valence-electron chi connectivity index (χ2n) is 4.12. The van der Waals surface area contributed by atoms with E-state index in [2.05, 4.69) is 15.6 Å². The van der Waals surface area contributed by atoms with Gasteiger partial charge in [0.2, 0.25) is 0 Å². The number of anilines is 1. The number of carboxylic acids is 1. The molecule has 1 aromatic rings. The normalized spacial score (nSPS) is 17.9. The van der Waals surface area contributed by atoms with Crippen molar-refractivity contribution >= 4 is 23.3 Å². The van der Waals surface area contributed by atoms with Gasteiger partial charge in [-0.15, -0.1) is 0 Å². The summed E-state index contributed by atoms with van der Waals surface area (Å²) in [6, 6.07) is 3.38. The van der Waals surface area contributed by atoms with Crippen molar-refractivity contribution in [1.29, 1.82) is 0 Å². The van der Waals surface area contributed by atoms with E-state index in [1.165, 1.54) is 12.1 Å². The number of hydrogen-bond donors (Lipinski definition) is 3. The third-order valence-electron chi connectivity index (χ3n) is 2.58. The Morgan fingerprint density at radius 3 is 2.85 bits per heavy atom. The second kappa shape index (κ2) is 5.51. The summed E-state index contributed by atoms with van der Waals surface area (Å²) in [5, 5.41) is 25.0. The number of rotatable bonds is 3. The Labute approximate surface area is 112 Å². The van der Waals surface area contributed by atoms with Crippen molar-refractivity contribution in [3.8, 4) is 0 Å². The summed E-state index contributed by atoms with van der Waals surface area (Å²) in [6.07, 6.45) is -1.08. The van der Waals surface area contributed by atoms with E-state index in [1.807, 2.05) is 0 Å². The summed E-state index contributed by atoms with van der Waals surface area (Å²) in [6.45, 7) is 0.0581. The highest BCUT2D eigenvalue weighted by Crippen LogP contribution is 2.21. The lowest BCUT2D eigenvalue weighted by molar-refractivity contribution is -0.384. The van der Waals surface area contributed by atoms with Gasteiger partial charge >= 0.3 is 5.97 Å². The van der Waals surface area contributed by atoms with Crippen LogP contribution in [0.3, 0.4) is 0 Å². The van der Waals surface area contributed by atoms with Crippen LogP contribution in [0.25, 0.3) is 0 Å². The summed E-state index contributed by atoms with van der Waals surface area (Å²) >= 11 is 0. The van der Waals surface area contributed by atoms with Gasteiger partial charge in [0.05, 0.1) is 23.6 Å². The van der Waals surface area contributed by atoms with Gasteiger partial charge in [-0.1, -0.05) is 0 Å². The number of benzene rings is 1. The molecule has 1 aliphatic heterocycles. The fourth-order valence-electron chi connectivity index (χ4n) is 1.65. The summed E-state index contributed by atoms with van der Waals surface area (Å²) in [7, 11) is 0. The van der Waals surface area contributed by atoms with E-state index in [0.29, 0.717) is 0 Å². The molecule has 1 aliphatic rings. The number of non-ortho nitro benzene ring substituents is 1. The Bertz CT molecular complexity index is 558. The second-order valence-corrected chi connectivity index (χ2v) is 4.12. The Balaban J connectivity index is 2.27. The van der Waals surface area contributed by atoms with E-state index in [0.717, 1.165) is 6.07 Å². The minimum absolute atomic E-state index is 0.0178. The minimum atomic E-state index is -1.28. The zero-order chi connectivity index (χ0) is 14.7. The molecule has 20 heavy (non-hydrogen) atoms. The molecule has 1 aromatic carbocycles. The van der Waals surface area contributed by atoms with Crippen molar-refractivity contribution in [2.45, 2.75) is 6.17 Å². The molecule has 0 fully saturated rings. The lowest BCUT2D eigenvalue weighted by Crippen LogP contribution is -2.40. The van der Waals surface area contributed by atoms with Gasteiger partial charge in [-0.05, 0) is 6.07 Å². The van der Waals surface area contributed by atoms with Crippen LogP contribution in [0.1, 0.15) is 10.4 Å². The molecule has 0 bridgehead atoms. The molecule has 0 radical (unpaired) electrons. The van der Waals surface area contributed by atoms with E-state index in [1.54, 1.807) is 0 Å². The molecule has 0 aromatic heterocycles. The van der Waals surface area contributed by atoms with Gasteiger partial charge in [0.1, 0.15) is 6.17 Å². The first-order chi connectivity index (χ1) is 9.45. The lowest BCUT2D eigenvalue weighted by atomic mass is 10.1. The Kier molecular flexibility index (Phi) is 3.78. The molecular weight excluding hydrogens is 271 g/mol. The third-order valence-corrected chi connectivity index (χ3v) is 2.58. The van der Waals surface area contributed by atoms with Crippen LogP contribution < -0.4 is 10.6 Å². The highest BCUT2D eigenvalue weighted by molar-refractivity contribution is 5.96. The van der Waals surface area contributed by atoms with Crippen molar-refractivity contribution in [2.75, 3.05) is 18.4 Å².